The van der Waals surface area contributed by atoms with Crippen LogP contribution >= 0.6 is 24.0 Å². The predicted molar refractivity (Wildman–Crippen MR) is 126 cm³/mol. The largest absolute Gasteiger partial charge is 0.379 e. The van der Waals surface area contributed by atoms with Crippen molar-refractivity contribution in [2.24, 2.45) is 4.99 Å². The Balaban J connectivity index is 0.00000280. The number of guanidine groups is 1. The summed E-state index contributed by atoms with van der Waals surface area (Å²) in [5.41, 5.74) is 2.84. The fourth-order valence-electron chi connectivity index (χ4n) is 3.50. The lowest BCUT2D eigenvalue weighted by Crippen LogP contribution is -2.39. The minimum atomic E-state index is 0. The molecule has 0 amide bonds. The lowest BCUT2D eigenvalue weighted by molar-refractivity contribution is 0.0424. The van der Waals surface area contributed by atoms with E-state index >= 15 is 0 Å². The Labute approximate surface area is 187 Å². The van der Waals surface area contributed by atoms with Gasteiger partial charge in [0, 0.05) is 38.3 Å². The van der Waals surface area contributed by atoms with Gasteiger partial charge in [-0.3, -0.25) is 4.99 Å². The Kier molecular flexibility index (Phi) is 10.0. The van der Waals surface area contributed by atoms with Crippen LogP contribution < -0.4 is 10.6 Å². The Morgan fingerprint density at radius 3 is 2.71 bits per heavy atom. The van der Waals surface area contributed by atoms with Crippen LogP contribution in [0.5, 0.6) is 0 Å². The molecule has 5 nitrogen and oxygen atoms in total. The number of rotatable bonds is 9. The van der Waals surface area contributed by atoms with Crippen molar-refractivity contribution in [2.45, 2.75) is 64.0 Å². The maximum absolute atomic E-state index is 5.80. The number of nitrogens with zero attached hydrogens (tertiary/aromatic N) is 1. The quantitative estimate of drug-likeness (QED) is 0.232. The molecule has 2 fully saturated rings. The lowest BCUT2D eigenvalue weighted by atomic mass is 10.0. The van der Waals surface area contributed by atoms with E-state index in [1.165, 1.54) is 17.5 Å². The van der Waals surface area contributed by atoms with Crippen molar-refractivity contribution in [3.63, 3.8) is 0 Å². The van der Waals surface area contributed by atoms with Gasteiger partial charge in [0.25, 0.3) is 0 Å². The number of hydrogen-bond donors (Lipinski definition) is 2. The fourth-order valence-corrected chi connectivity index (χ4v) is 3.50. The van der Waals surface area contributed by atoms with Crippen LogP contribution in [-0.2, 0) is 9.47 Å². The van der Waals surface area contributed by atoms with Crippen LogP contribution in [0.2, 0.25) is 0 Å². The monoisotopic (exact) mass is 501 g/mol. The molecule has 2 N–H and O–H groups in total. The first-order valence-corrected chi connectivity index (χ1v) is 10.5. The third kappa shape index (κ3) is 7.19. The summed E-state index contributed by atoms with van der Waals surface area (Å²) in [6.07, 6.45) is 3.43. The summed E-state index contributed by atoms with van der Waals surface area (Å²) in [4.78, 5) is 4.71. The molecule has 158 valence electrons. The van der Waals surface area contributed by atoms with Gasteiger partial charge in [-0.1, -0.05) is 38.1 Å². The Morgan fingerprint density at radius 2 is 2.07 bits per heavy atom. The van der Waals surface area contributed by atoms with E-state index in [-0.39, 0.29) is 30.1 Å². The topological polar surface area (TPSA) is 54.9 Å². The average molecular weight is 501 g/mol. The number of benzene rings is 1. The first kappa shape index (κ1) is 23.4. The SMILES string of the molecule is CCNC(=NCCCOC1CCOC1)NC1CC1c1ccc(C(C)C)cc1.I. The predicted octanol–water partition coefficient (Wildman–Crippen LogP) is 4.03. The number of ether oxygens (including phenoxy) is 2. The molecule has 3 rings (SSSR count). The molecule has 2 aliphatic rings. The zero-order valence-corrected chi connectivity index (χ0v) is 19.8. The van der Waals surface area contributed by atoms with E-state index in [1.807, 2.05) is 0 Å². The number of aliphatic imine (C=N–C) groups is 1. The van der Waals surface area contributed by atoms with Crippen LogP contribution in [0, 0.1) is 0 Å². The van der Waals surface area contributed by atoms with Gasteiger partial charge in [-0.05, 0) is 43.2 Å². The molecule has 0 aromatic heterocycles. The van der Waals surface area contributed by atoms with E-state index in [0.29, 0.717) is 17.9 Å². The summed E-state index contributed by atoms with van der Waals surface area (Å²) >= 11 is 0. The molecule has 1 aliphatic heterocycles. The van der Waals surface area contributed by atoms with Gasteiger partial charge in [-0.25, -0.2) is 0 Å². The molecule has 1 aromatic rings. The maximum Gasteiger partial charge on any atom is 0.191 e. The van der Waals surface area contributed by atoms with Crippen molar-refractivity contribution in [1.29, 1.82) is 0 Å². The van der Waals surface area contributed by atoms with E-state index in [1.54, 1.807) is 0 Å². The molecular weight excluding hydrogens is 465 g/mol. The van der Waals surface area contributed by atoms with Crippen molar-refractivity contribution in [2.75, 3.05) is 32.9 Å². The van der Waals surface area contributed by atoms with Crippen molar-refractivity contribution in [3.05, 3.63) is 35.4 Å². The zero-order chi connectivity index (χ0) is 19.1. The van der Waals surface area contributed by atoms with Crippen molar-refractivity contribution >= 4 is 29.9 Å². The Hall–Kier alpha value is -0.860. The third-order valence-electron chi connectivity index (χ3n) is 5.30. The van der Waals surface area contributed by atoms with Crippen LogP contribution in [0.25, 0.3) is 0 Å². The smallest absolute Gasteiger partial charge is 0.191 e. The minimum Gasteiger partial charge on any atom is -0.379 e. The normalized spacial score (nSPS) is 24.1. The van der Waals surface area contributed by atoms with Crippen molar-refractivity contribution in [3.8, 4) is 0 Å². The van der Waals surface area contributed by atoms with Gasteiger partial charge in [0.15, 0.2) is 5.96 Å². The average Bonchev–Trinajstić information content (AvgIpc) is 3.23. The molecule has 1 aromatic carbocycles. The second kappa shape index (κ2) is 12.0. The third-order valence-corrected chi connectivity index (χ3v) is 5.30. The highest BCUT2D eigenvalue weighted by Gasteiger charge is 2.38. The van der Waals surface area contributed by atoms with E-state index in [2.05, 4.69) is 55.7 Å². The molecular formula is C22H36IN3O2. The van der Waals surface area contributed by atoms with Gasteiger partial charge >= 0.3 is 0 Å². The summed E-state index contributed by atoms with van der Waals surface area (Å²) in [5, 5.41) is 6.95. The molecule has 6 heteroatoms. The van der Waals surface area contributed by atoms with Crippen LogP contribution in [-0.4, -0.2) is 51.0 Å². The van der Waals surface area contributed by atoms with E-state index in [9.17, 15) is 0 Å². The van der Waals surface area contributed by atoms with Crippen molar-refractivity contribution in [1.82, 2.24) is 10.6 Å². The first-order chi connectivity index (χ1) is 13.2. The van der Waals surface area contributed by atoms with Gasteiger partial charge in [0.2, 0.25) is 0 Å². The molecule has 3 unspecified atom stereocenters. The highest BCUT2D eigenvalue weighted by molar-refractivity contribution is 14.0. The number of nitrogens with one attached hydrogen (secondary N) is 2. The van der Waals surface area contributed by atoms with Gasteiger partial charge in [0.1, 0.15) is 0 Å². The minimum absolute atomic E-state index is 0. The summed E-state index contributed by atoms with van der Waals surface area (Å²) in [5.74, 6) is 2.11. The van der Waals surface area contributed by atoms with E-state index in [4.69, 9.17) is 14.5 Å². The second-order valence-corrected chi connectivity index (χ2v) is 7.88. The number of hydrogen-bond acceptors (Lipinski definition) is 3. The summed E-state index contributed by atoms with van der Waals surface area (Å²) < 4.78 is 11.1. The van der Waals surface area contributed by atoms with E-state index in [0.717, 1.165) is 51.7 Å². The standard InChI is InChI=1S/C22H35N3O2.HI/c1-4-23-22(24-11-5-12-27-19-10-13-26-15-19)25-21-14-20(21)18-8-6-17(7-9-18)16(2)3;/h6-9,16,19-21H,4-5,10-15H2,1-3H3,(H2,23,24,25);1H. The van der Waals surface area contributed by atoms with Crippen molar-refractivity contribution < 1.29 is 9.47 Å². The Bertz CT molecular complexity index is 600. The molecule has 0 bridgehead atoms. The second-order valence-electron chi connectivity index (χ2n) is 7.88. The summed E-state index contributed by atoms with van der Waals surface area (Å²) in [6.45, 7) is 10.6. The fraction of sp³-hybridized carbons (Fsp3) is 0.682. The molecule has 3 atom stereocenters. The van der Waals surface area contributed by atoms with Gasteiger partial charge in [-0.15, -0.1) is 24.0 Å². The molecule has 1 saturated heterocycles. The highest BCUT2D eigenvalue weighted by atomic mass is 127. The molecule has 1 heterocycles. The zero-order valence-electron chi connectivity index (χ0n) is 17.4. The molecule has 0 spiro atoms. The molecule has 1 aliphatic carbocycles. The van der Waals surface area contributed by atoms with Gasteiger partial charge < -0.3 is 20.1 Å². The van der Waals surface area contributed by atoms with Gasteiger partial charge in [-0.2, -0.15) is 0 Å². The lowest BCUT2D eigenvalue weighted by Gasteiger charge is -2.12. The Morgan fingerprint density at radius 1 is 1.29 bits per heavy atom. The summed E-state index contributed by atoms with van der Waals surface area (Å²) in [6, 6.07) is 9.60. The number of halogens is 1. The van der Waals surface area contributed by atoms with Gasteiger partial charge in [0.05, 0.1) is 12.7 Å². The maximum atomic E-state index is 5.80. The molecule has 28 heavy (non-hydrogen) atoms. The molecule has 1 saturated carbocycles. The summed E-state index contributed by atoms with van der Waals surface area (Å²) in [7, 11) is 0. The highest BCUT2D eigenvalue weighted by Crippen LogP contribution is 2.41. The van der Waals surface area contributed by atoms with Crippen LogP contribution in [0.1, 0.15) is 63.0 Å². The van der Waals surface area contributed by atoms with E-state index < -0.39 is 0 Å². The van der Waals surface area contributed by atoms with Crippen LogP contribution in [0.4, 0.5) is 0 Å². The molecule has 0 radical (unpaired) electrons. The van der Waals surface area contributed by atoms with Crippen LogP contribution in [0.15, 0.2) is 29.3 Å². The van der Waals surface area contributed by atoms with Crippen LogP contribution in [0.3, 0.4) is 0 Å². The first-order valence-electron chi connectivity index (χ1n) is 10.5.